The summed E-state index contributed by atoms with van der Waals surface area (Å²) in [6, 6.07) is 8.50. The number of carbonyl (C=O) groups excluding carboxylic acids is 1. The fraction of sp³-hybridized carbons (Fsp3) is 0.389. The third-order valence-corrected chi connectivity index (χ3v) is 4.39. The molecule has 2 atom stereocenters. The molecule has 3 rings (SSSR count). The van der Waals surface area contributed by atoms with Gasteiger partial charge in [-0.2, -0.15) is 0 Å². The molecule has 0 radical (unpaired) electrons. The van der Waals surface area contributed by atoms with Gasteiger partial charge in [-0.3, -0.25) is 4.79 Å². The van der Waals surface area contributed by atoms with Crippen LogP contribution in [0.25, 0.3) is 0 Å². The SMILES string of the molecule is Cc1ccnc(C(NC(=O)CC(O)c2ccc(Cl)cc2)C2CC2)n1. The summed E-state index contributed by atoms with van der Waals surface area (Å²) >= 11 is 5.84. The van der Waals surface area contributed by atoms with E-state index >= 15 is 0 Å². The van der Waals surface area contributed by atoms with Crippen LogP contribution < -0.4 is 5.32 Å². The molecule has 1 aromatic heterocycles. The zero-order chi connectivity index (χ0) is 17.1. The van der Waals surface area contributed by atoms with Gasteiger partial charge in [-0.15, -0.1) is 0 Å². The van der Waals surface area contributed by atoms with Crippen molar-refractivity contribution in [2.75, 3.05) is 0 Å². The summed E-state index contributed by atoms with van der Waals surface area (Å²) in [4.78, 5) is 21.1. The molecule has 2 aromatic rings. The fourth-order valence-electron chi connectivity index (χ4n) is 2.65. The van der Waals surface area contributed by atoms with Crippen molar-refractivity contribution in [3.05, 3.63) is 58.6 Å². The van der Waals surface area contributed by atoms with E-state index in [0.717, 1.165) is 18.5 Å². The Morgan fingerprint density at radius 3 is 2.67 bits per heavy atom. The maximum Gasteiger partial charge on any atom is 0.223 e. The van der Waals surface area contributed by atoms with Crippen LogP contribution in [0, 0.1) is 12.8 Å². The van der Waals surface area contributed by atoms with Gasteiger partial charge in [0, 0.05) is 16.9 Å². The van der Waals surface area contributed by atoms with Crippen LogP contribution in [0.2, 0.25) is 5.02 Å². The number of rotatable bonds is 6. The number of benzene rings is 1. The first-order valence-electron chi connectivity index (χ1n) is 8.05. The minimum atomic E-state index is -0.861. The van der Waals surface area contributed by atoms with Crippen molar-refractivity contribution in [1.29, 1.82) is 0 Å². The van der Waals surface area contributed by atoms with Crippen LogP contribution in [0.1, 0.15) is 48.5 Å². The van der Waals surface area contributed by atoms with Crippen molar-refractivity contribution in [3.63, 3.8) is 0 Å². The van der Waals surface area contributed by atoms with Gasteiger partial charge in [0.15, 0.2) is 5.82 Å². The van der Waals surface area contributed by atoms with Crippen LogP contribution in [0.3, 0.4) is 0 Å². The second-order valence-corrected chi connectivity index (χ2v) is 6.65. The van der Waals surface area contributed by atoms with Gasteiger partial charge in [0.25, 0.3) is 0 Å². The minimum Gasteiger partial charge on any atom is -0.388 e. The quantitative estimate of drug-likeness (QED) is 0.843. The summed E-state index contributed by atoms with van der Waals surface area (Å²) in [5, 5.41) is 13.8. The predicted octanol–water partition coefficient (Wildman–Crippen LogP) is 3.13. The standard InChI is InChI=1S/C18H20ClN3O2/c1-11-8-9-20-18(21-11)17(13-2-3-13)22-16(24)10-15(23)12-4-6-14(19)7-5-12/h4-9,13,15,17,23H,2-3,10H2,1H3,(H,22,24). The van der Waals surface area contributed by atoms with Crippen molar-refractivity contribution in [1.82, 2.24) is 15.3 Å². The maximum atomic E-state index is 12.3. The average Bonchev–Trinajstić information content (AvgIpc) is 3.38. The Hall–Kier alpha value is -1.98. The first-order chi connectivity index (χ1) is 11.5. The molecule has 2 N–H and O–H groups in total. The van der Waals surface area contributed by atoms with Crippen molar-refractivity contribution >= 4 is 17.5 Å². The highest BCUT2D eigenvalue weighted by atomic mass is 35.5. The molecule has 1 heterocycles. The lowest BCUT2D eigenvalue weighted by Gasteiger charge is -2.18. The van der Waals surface area contributed by atoms with Gasteiger partial charge in [-0.05, 0) is 49.4 Å². The molecule has 6 heteroatoms. The Morgan fingerprint density at radius 1 is 1.33 bits per heavy atom. The number of aliphatic hydroxyl groups is 1. The largest absolute Gasteiger partial charge is 0.388 e. The van der Waals surface area contributed by atoms with Crippen molar-refractivity contribution in [3.8, 4) is 0 Å². The van der Waals surface area contributed by atoms with Gasteiger partial charge in [0.2, 0.25) is 5.91 Å². The molecule has 0 saturated heterocycles. The number of aryl methyl sites for hydroxylation is 1. The van der Waals surface area contributed by atoms with Crippen LogP contribution in [-0.4, -0.2) is 21.0 Å². The number of amides is 1. The van der Waals surface area contributed by atoms with E-state index in [2.05, 4.69) is 15.3 Å². The molecular weight excluding hydrogens is 326 g/mol. The molecule has 1 aliphatic carbocycles. The molecule has 1 saturated carbocycles. The summed E-state index contributed by atoms with van der Waals surface area (Å²) in [5.41, 5.74) is 1.55. The molecule has 5 nitrogen and oxygen atoms in total. The Bertz CT molecular complexity index is 716. The first kappa shape index (κ1) is 16.9. The summed E-state index contributed by atoms with van der Waals surface area (Å²) < 4.78 is 0. The van der Waals surface area contributed by atoms with Gasteiger partial charge in [0.1, 0.15) is 0 Å². The number of hydrogen-bond acceptors (Lipinski definition) is 4. The molecule has 2 unspecified atom stereocenters. The highest BCUT2D eigenvalue weighted by Gasteiger charge is 2.35. The molecule has 0 bridgehead atoms. The van der Waals surface area contributed by atoms with Crippen molar-refractivity contribution in [2.24, 2.45) is 5.92 Å². The van der Waals surface area contributed by atoms with Crippen LogP contribution in [-0.2, 0) is 4.79 Å². The molecule has 1 aliphatic rings. The lowest BCUT2D eigenvalue weighted by Crippen LogP contribution is -2.32. The molecule has 1 aromatic carbocycles. The molecule has 0 aliphatic heterocycles. The van der Waals surface area contributed by atoms with Gasteiger partial charge < -0.3 is 10.4 Å². The van der Waals surface area contributed by atoms with Gasteiger partial charge in [0.05, 0.1) is 18.6 Å². The number of aromatic nitrogens is 2. The van der Waals surface area contributed by atoms with E-state index in [9.17, 15) is 9.90 Å². The average molecular weight is 346 g/mol. The Balaban J connectivity index is 1.64. The van der Waals surface area contributed by atoms with E-state index in [-0.39, 0.29) is 18.4 Å². The fourth-order valence-corrected chi connectivity index (χ4v) is 2.78. The molecule has 0 spiro atoms. The summed E-state index contributed by atoms with van der Waals surface area (Å²) in [6.45, 7) is 1.90. The van der Waals surface area contributed by atoms with E-state index in [4.69, 9.17) is 11.6 Å². The van der Waals surface area contributed by atoms with E-state index in [0.29, 0.717) is 22.3 Å². The normalized spacial score (nSPS) is 16.5. The van der Waals surface area contributed by atoms with Crippen LogP contribution in [0.4, 0.5) is 0 Å². The van der Waals surface area contributed by atoms with Crippen molar-refractivity contribution < 1.29 is 9.90 Å². The highest BCUT2D eigenvalue weighted by molar-refractivity contribution is 6.30. The van der Waals surface area contributed by atoms with E-state index in [1.807, 2.05) is 13.0 Å². The number of nitrogens with one attached hydrogen (secondary N) is 1. The van der Waals surface area contributed by atoms with Gasteiger partial charge in [-0.25, -0.2) is 9.97 Å². The Kier molecular flexibility index (Phi) is 5.11. The third-order valence-electron chi connectivity index (χ3n) is 4.14. The van der Waals surface area contributed by atoms with Gasteiger partial charge in [-0.1, -0.05) is 23.7 Å². The number of nitrogens with zero attached hydrogens (tertiary/aromatic N) is 2. The second-order valence-electron chi connectivity index (χ2n) is 6.21. The Morgan fingerprint density at radius 2 is 2.04 bits per heavy atom. The lowest BCUT2D eigenvalue weighted by atomic mass is 10.1. The van der Waals surface area contributed by atoms with E-state index in [1.165, 1.54) is 0 Å². The highest BCUT2D eigenvalue weighted by Crippen LogP contribution is 2.40. The lowest BCUT2D eigenvalue weighted by molar-refractivity contribution is -0.124. The zero-order valence-corrected chi connectivity index (χ0v) is 14.2. The summed E-state index contributed by atoms with van der Waals surface area (Å²) in [5.74, 6) is 0.815. The summed E-state index contributed by atoms with van der Waals surface area (Å²) in [7, 11) is 0. The maximum absolute atomic E-state index is 12.3. The first-order valence-corrected chi connectivity index (χ1v) is 8.43. The monoisotopic (exact) mass is 345 g/mol. The minimum absolute atomic E-state index is 0.00331. The topological polar surface area (TPSA) is 75.1 Å². The predicted molar refractivity (Wildman–Crippen MR) is 91.4 cm³/mol. The van der Waals surface area contributed by atoms with Crippen LogP contribution in [0.5, 0.6) is 0 Å². The molecule has 1 fully saturated rings. The number of aliphatic hydroxyl groups excluding tert-OH is 1. The van der Waals surface area contributed by atoms with Crippen molar-refractivity contribution in [2.45, 2.75) is 38.3 Å². The van der Waals surface area contributed by atoms with E-state index in [1.54, 1.807) is 30.5 Å². The molecular formula is C18H20ClN3O2. The van der Waals surface area contributed by atoms with Gasteiger partial charge >= 0.3 is 0 Å². The molecule has 24 heavy (non-hydrogen) atoms. The number of hydrogen-bond donors (Lipinski definition) is 2. The second kappa shape index (κ2) is 7.28. The smallest absolute Gasteiger partial charge is 0.223 e. The molecule has 1 amide bonds. The zero-order valence-electron chi connectivity index (χ0n) is 13.4. The molecule has 126 valence electrons. The number of halogens is 1. The van der Waals surface area contributed by atoms with Crippen LogP contribution in [0.15, 0.2) is 36.5 Å². The third kappa shape index (κ3) is 4.30. The number of carbonyl (C=O) groups is 1. The summed E-state index contributed by atoms with van der Waals surface area (Å²) in [6.07, 6.45) is 2.96. The Labute approximate surface area is 146 Å². The van der Waals surface area contributed by atoms with E-state index < -0.39 is 6.10 Å². The van der Waals surface area contributed by atoms with Crippen LogP contribution >= 0.6 is 11.6 Å².